The van der Waals surface area contributed by atoms with Gasteiger partial charge in [0.2, 0.25) is 5.91 Å². The molecule has 5 nitrogen and oxygen atoms in total. The van der Waals surface area contributed by atoms with Gasteiger partial charge in [-0.1, -0.05) is 12.1 Å². The summed E-state index contributed by atoms with van der Waals surface area (Å²) >= 11 is 1.71. The lowest BCUT2D eigenvalue weighted by molar-refractivity contribution is -0.116. The summed E-state index contributed by atoms with van der Waals surface area (Å²) in [5.74, 6) is -0.235. The van der Waals surface area contributed by atoms with E-state index in [0.717, 1.165) is 12.8 Å². The van der Waals surface area contributed by atoms with E-state index in [1.54, 1.807) is 35.6 Å². The van der Waals surface area contributed by atoms with Gasteiger partial charge in [-0.3, -0.25) is 9.59 Å². The highest BCUT2D eigenvalue weighted by Crippen LogP contribution is 2.14. The Kier molecular flexibility index (Phi) is 6.96. The van der Waals surface area contributed by atoms with Crippen molar-refractivity contribution in [2.24, 2.45) is 5.73 Å². The van der Waals surface area contributed by atoms with Crippen LogP contribution in [-0.2, 0) is 11.2 Å². The molecule has 0 saturated carbocycles. The molecular formula is C18H23N3O2S. The third-order valence-corrected chi connectivity index (χ3v) is 4.48. The monoisotopic (exact) mass is 345 g/mol. The zero-order valence-electron chi connectivity index (χ0n) is 13.7. The van der Waals surface area contributed by atoms with Gasteiger partial charge in [-0.25, -0.2) is 0 Å². The maximum atomic E-state index is 12.1. The molecule has 0 saturated heterocycles. The number of benzene rings is 1. The quantitative estimate of drug-likeness (QED) is 0.688. The molecule has 1 aromatic carbocycles. The molecule has 0 bridgehead atoms. The van der Waals surface area contributed by atoms with Gasteiger partial charge in [-0.2, -0.15) is 0 Å². The third kappa shape index (κ3) is 5.79. The molecule has 2 rings (SSSR count). The minimum absolute atomic E-state index is 0.0422. The van der Waals surface area contributed by atoms with Crippen molar-refractivity contribution in [1.29, 1.82) is 0 Å². The second-order valence-corrected chi connectivity index (χ2v) is 6.70. The highest BCUT2D eigenvalue weighted by molar-refractivity contribution is 7.09. The van der Waals surface area contributed by atoms with Crippen molar-refractivity contribution in [3.05, 3.63) is 52.2 Å². The smallest absolute Gasteiger partial charge is 0.251 e. The summed E-state index contributed by atoms with van der Waals surface area (Å²) in [7, 11) is 0. The zero-order valence-corrected chi connectivity index (χ0v) is 14.6. The van der Waals surface area contributed by atoms with Gasteiger partial charge in [0.15, 0.2) is 0 Å². The molecule has 6 heteroatoms. The Balaban J connectivity index is 1.84. The summed E-state index contributed by atoms with van der Waals surface area (Å²) in [5.41, 5.74) is 6.64. The number of hydrogen-bond acceptors (Lipinski definition) is 4. The van der Waals surface area contributed by atoms with Gasteiger partial charge in [0.1, 0.15) is 0 Å². The molecule has 0 radical (unpaired) electrons. The Hall–Kier alpha value is -2.18. The molecule has 0 fully saturated rings. The number of hydrogen-bond donors (Lipinski definition) is 3. The average Bonchev–Trinajstić information content (AvgIpc) is 3.08. The molecule has 2 aromatic rings. The lowest BCUT2D eigenvalue weighted by Crippen LogP contribution is -2.37. The second kappa shape index (κ2) is 9.20. The van der Waals surface area contributed by atoms with Crippen LogP contribution in [0, 0.1) is 0 Å². The highest BCUT2D eigenvalue weighted by atomic mass is 32.1. The van der Waals surface area contributed by atoms with Crippen molar-refractivity contribution in [2.45, 2.75) is 32.2 Å². The molecule has 1 atom stereocenters. The largest absolute Gasteiger partial charge is 0.348 e. The van der Waals surface area contributed by atoms with Crippen LogP contribution < -0.4 is 16.4 Å². The number of carbonyl (C=O) groups excluding carboxylic acids is 2. The molecule has 128 valence electrons. The first-order chi connectivity index (χ1) is 11.6. The highest BCUT2D eigenvalue weighted by Gasteiger charge is 2.10. The normalized spacial score (nSPS) is 11.8. The van der Waals surface area contributed by atoms with Crippen LogP contribution in [-0.4, -0.2) is 24.4 Å². The molecule has 1 heterocycles. The fourth-order valence-corrected chi connectivity index (χ4v) is 2.96. The number of nitrogens with two attached hydrogens (primary N) is 1. The first-order valence-electron chi connectivity index (χ1n) is 8.01. The van der Waals surface area contributed by atoms with Crippen molar-refractivity contribution in [3.63, 3.8) is 0 Å². The van der Waals surface area contributed by atoms with Crippen molar-refractivity contribution >= 4 is 28.8 Å². The number of anilines is 1. The van der Waals surface area contributed by atoms with E-state index >= 15 is 0 Å². The van der Waals surface area contributed by atoms with Crippen LogP contribution >= 0.6 is 11.3 Å². The maximum absolute atomic E-state index is 12.1. The Morgan fingerprint density at radius 1 is 1.25 bits per heavy atom. The SMILES string of the molecule is C[C@@H](CN)NC(=O)c1cccc(NC(=O)CCCc2cccs2)c1. The topological polar surface area (TPSA) is 84.2 Å². The number of thiophene rings is 1. The van der Waals surface area contributed by atoms with Gasteiger partial charge >= 0.3 is 0 Å². The maximum Gasteiger partial charge on any atom is 0.251 e. The molecule has 1 aromatic heterocycles. The fourth-order valence-electron chi connectivity index (χ4n) is 2.21. The van der Waals surface area contributed by atoms with Crippen molar-refractivity contribution in [2.75, 3.05) is 11.9 Å². The summed E-state index contributed by atoms with van der Waals surface area (Å²) < 4.78 is 0. The van der Waals surface area contributed by atoms with Crippen LogP contribution in [0.4, 0.5) is 5.69 Å². The zero-order chi connectivity index (χ0) is 17.4. The summed E-state index contributed by atoms with van der Waals surface area (Å²) in [6, 6.07) is 10.9. The molecule has 2 amide bonds. The molecule has 4 N–H and O–H groups in total. The molecule has 0 aliphatic carbocycles. The van der Waals surface area contributed by atoms with Gasteiger partial charge in [0.25, 0.3) is 5.91 Å². The predicted octanol–water partition coefficient (Wildman–Crippen LogP) is 2.79. The van der Waals surface area contributed by atoms with Crippen molar-refractivity contribution in [3.8, 4) is 0 Å². The minimum atomic E-state index is -0.193. The molecular weight excluding hydrogens is 322 g/mol. The fraction of sp³-hybridized carbons (Fsp3) is 0.333. The van der Waals surface area contributed by atoms with Gasteiger partial charge in [-0.05, 0) is 49.4 Å². The standard InChI is InChI=1S/C18H23N3O2S/c1-13(12-19)20-18(23)14-5-2-6-15(11-14)21-17(22)9-3-7-16-8-4-10-24-16/h2,4-6,8,10-11,13H,3,7,9,12,19H2,1H3,(H,20,23)(H,21,22)/t13-/m0/s1. The number of rotatable bonds is 8. The van der Waals surface area contributed by atoms with E-state index in [1.165, 1.54) is 4.88 Å². The van der Waals surface area contributed by atoms with E-state index in [4.69, 9.17) is 5.73 Å². The van der Waals surface area contributed by atoms with E-state index in [2.05, 4.69) is 16.7 Å². The molecule has 24 heavy (non-hydrogen) atoms. The first kappa shape index (κ1) is 18.2. The number of amides is 2. The van der Waals surface area contributed by atoms with Crippen LogP contribution in [0.1, 0.15) is 35.0 Å². The Morgan fingerprint density at radius 2 is 2.08 bits per heavy atom. The van der Waals surface area contributed by atoms with Crippen LogP contribution in [0.15, 0.2) is 41.8 Å². The lowest BCUT2D eigenvalue weighted by Gasteiger charge is -2.12. The number of carbonyl (C=O) groups is 2. The average molecular weight is 345 g/mol. The van der Waals surface area contributed by atoms with Crippen LogP contribution in [0.3, 0.4) is 0 Å². The van der Waals surface area contributed by atoms with Crippen LogP contribution in [0.25, 0.3) is 0 Å². The van der Waals surface area contributed by atoms with E-state index < -0.39 is 0 Å². The lowest BCUT2D eigenvalue weighted by atomic mass is 10.1. The van der Waals surface area contributed by atoms with Crippen molar-refractivity contribution in [1.82, 2.24) is 5.32 Å². The summed E-state index contributed by atoms with van der Waals surface area (Å²) in [6.07, 6.45) is 2.17. The van der Waals surface area contributed by atoms with E-state index in [9.17, 15) is 9.59 Å². The summed E-state index contributed by atoms with van der Waals surface area (Å²) in [6.45, 7) is 2.23. The van der Waals surface area contributed by atoms with Gasteiger partial charge < -0.3 is 16.4 Å². The summed E-state index contributed by atoms with van der Waals surface area (Å²) in [5, 5.41) is 7.68. The third-order valence-electron chi connectivity index (χ3n) is 3.55. The molecule has 0 aliphatic heterocycles. The van der Waals surface area contributed by atoms with E-state index in [1.807, 2.05) is 18.4 Å². The molecule has 0 aliphatic rings. The number of nitrogens with one attached hydrogen (secondary N) is 2. The van der Waals surface area contributed by atoms with Crippen molar-refractivity contribution < 1.29 is 9.59 Å². The second-order valence-electron chi connectivity index (χ2n) is 5.67. The van der Waals surface area contributed by atoms with Crippen LogP contribution in [0.2, 0.25) is 0 Å². The van der Waals surface area contributed by atoms with Gasteiger partial charge in [0.05, 0.1) is 0 Å². The summed E-state index contributed by atoms with van der Waals surface area (Å²) in [4.78, 5) is 25.4. The van der Waals surface area contributed by atoms with E-state index in [0.29, 0.717) is 24.2 Å². The van der Waals surface area contributed by atoms with Gasteiger partial charge in [0, 0.05) is 35.1 Å². The van der Waals surface area contributed by atoms with E-state index in [-0.39, 0.29) is 17.9 Å². The minimum Gasteiger partial charge on any atom is -0.348 e. The Labute approximate surface area is 146 Å². The molecule has 0 unspecified atom stereocenters. The van der Waals surface area contributed by atoms with Crippen LogP contribution in [0.5, 0.6) is 0 Å². The first-order valence-corrected chi connectivity index (χ1v) is 8.89. The Morgan fingerprint density at radius 3 is 2.79 bits per heavy atom. The Bertz CT molecular complexity index is 671. The molecule has 0 spiro atoms. The number of aryl methyl sites for hydroxylation is 1. The van der Waals surface area contributed by atoms with Gasteiger partial charge in [-0.15, -0.1) is 11.3 Å². The predicted molar refractivity (Wildman–Crippen MR) is 98.3 cm³/mol.